The molecule has 0 aliphatic rings. The van der Waals surface area contributed by atoms with E-state index in [4.69, 9.17) is 33.7 Å². The van der Waals surface area contributed by atoms with Crippen LogP contribution in [0, 0.1) is 6.92 Å². The highest BCUT2D eigenvalue weighted by atomic mass is 35.5. The number of ether oxygens (including phenoxy) is 1. The fourth-order valence-electron chi connectivity index (χ4n) is 1.53. The molecule has 3 nitrogen and oxygen atoms in total. The summed E-state index contributed by atoms with van der Waals surface area (Å²) in [6, 6.07) is 7.06. The third-order valence-corrected chi connectivity index (χ3v) is 3.05. The minimum absolute atomic E-state index is 0.316. The molecule has 1 aromatic heterocycles. The van der Waals surface area contributed by atoms with E-state index in [9.17, 15) is 0 Å². The quantitative estimate of drug-likeness (QED) is 0.870. The summed E-state index contributed by atoms with van der Waals surface area (Å²) in [5.41, 5.74) is 8.03. The molecule has 2 aromatic rings. The number of nitrogens with zero attached hydrogens (tertiary/aromatic N) is 1. The van der Waals surface area contributed by atoms with Crippen molar-refractivity contribution in [1.29, 1.82) is 0 Å². The van der Waals surface area contributed by atoms with E-state index in [1.807, 2.05) is 19.1 Å². The Hall–Kier alpha value is -1.45. The first-order valence-corrected chi connectivity index (χ1v) is 6.11. The Labute approximate surface area is 115 Å². The fourth-order valence-corrected chi connectivity index (χ4v) is 2.14. The zero-order valence-corrected chi connectivity index (χ0v) is 11.3. The predicted octanol–water partition coefficient (Wildman–Crippen LogP) is 3.86. The van der Waals surface area contributed by atoms with Crippen LogP contribution in [0.15, 0.2) is 30.5 Å². The van der Waals surface area contributed by atoms with E-state index in [2.05, 4.69) is 4.98 Å². The molecule has 1 aromatic carbocycles. The van der Waals surface area contributed by atoms with E-state index in [1.165, 1.54) is 0 Å². The van der Waals surface area contributed by atoms with Gasteiger partial charge in [-0.25, -0.2) is 0 Å². The van der Waals surface area contributed by atoms with Gasteiger partial charge in [0, 0.05) is 11.9 Å². The van der Waals surface area contributed by atoms with Crippen molar-refractivity contribution in [1.82, 2.24) is 4.98 Å². The van der Waals surface area contributed by atoms with Gasteiger partial charge in [0.2, 0.25) is 0 Å². The number of hydrogen-bond acceptors (Lipinski definition) is 3. The van der Waals surface area contributed by atoms with Gasteiger partial charge in [-0.15, -0.1) is 0 Å². The summed E-state index contributed by atoms with van der Waals surface area (Å²) in [7, 11) is 0. The number of halogens is 2. The van der Waals surface area contributed by atoms with Gasteiger partial charge in [-0.2, -0.15) is 0 Å². The molecular weight excluding hydrogens is 271 g/mol. The summed E-state index contributed by atoms with van der Waals surface area (Å²) in [6.07, 6.45) is 1.72. The summed E-state index contributed by atoms with van der Waals surface area (Å²) < 4.78 is 5.61. The van der Waals surface area contributed by atoms with Gasteiger partial charge in [-0.1, -0.05) is 29.3 Å². The second kappa shape index (κ2) is 5.46. The molecule has 18 heavy (non-hydrogen) atoms. The van der Waals surface area contributed by atoms with Crippen molar-refractivity contribution < 1.29 is 4.74 Å². The van der Waals surface area contributed by atoms with Crippen LogP contribution in [0.3, 0.4) is 0 Å². The fraction of sp³-hybridized carbons (Fsp3) is 0.154. The van der Waals surface area contributed by atoms with Crippen LogP contribution in [0.4, 0.5) is 5.69 Å². The van der Waals surface area contributed by atoms with Crippen molar-refractivity contribution in [3.05, 3.63) is 51.8 Å². The van der Waals surface area contributed by atoms with Crippen LogP contribution in [-0.2, 0) is 6.61 Å². The zero-order chi connectivity index (χ0) is 13.1. The van der Waals surface area contributed by atoms with Gasteiger partial charge >= 0.3 is 0 Å². The largest absolute Gasteiger partial charge is 0.484 e. The molecule has 0 bridgehead atoms. The van der Waals surface area contributed by atoms with E-state index in [1.54, 1.807) is 18.3 Å². The molecule has 2 N–H and O–H groups in total. The molecule has 0 amide bonds. The van der Waals surface area contributed by atoms with E-state index in [0.717, 1.165) is 11.3 Å². The van der Waals surface area contributed by atoms with Crippen molar-refractivity contribution in [2.45, 2.75) is 13.5 Å². The number of pyridine rings is 1. The molecular formula is C13H12Cl2N2O. The van der Waals surface area contributed by atoms with Gasteiger partial charge < -0.3 is 10.5 Å². The average Bonchev–Trinajstić information content (AvgIpc) is 2.30. The standard InChI is InChI=1S/C13H12Cl2N2O/c1-8-3-2-4-17-12(8)7-18-13-10(14)5-9(16)6-11(13)15/h2-6H,7,16H2,1H3. The Bertz CT molecular complexity index is 550. The van der Waals surface area contributed by atoms with Gasteiger partial charge in [0.05, 0.1) is 15.7 Å². The number of rotatable bonds is 3. The maximum Gasteiger partial charge on any atom is 0.157 e. The third-order valence-electron chi connectivity index (χ3n) is 2.49. The molecule has 0 radical (unpaired) electrons. The molecule has 0 saturated carbocycles. The normalized spacial score (nSPS) is 10.4. The van der Waals surface area contributed by atoms with Gasteiger partial charge in [-0.05, 0) is 30.7 Å². The summed E-state index contributed by atoms with van der Waals surface area (Å²) in [5.74, 6) is 0.428. The predicted molar refractivity (Wildman–Crippen MR) is 74.2 cm³/mol. The monoisotopic (exact) mass is 282 g/mol. The number of aryl methyl sites for hydroxylation is 1. The van der Waals surface area contributed by atoms with Crippen LogP contribution in [0.25, 0.3) is 0 Å². The number of hydrogen-bond donors (Lipinski definition) is 1. The minimum Gasteiger partial charge on any atom is -0.484 e. The van der Waals surface area contributed by atoms with Crippen LogP contribution >= 0.6 is 23.2 Å². The van der Waals surface area contributed by atoms with Crippen LogP contribution in [0.1, 0.15) is 11.3 Å². The highest BCUT2D eigenvalue weighted by Crippen LogP contribution is 2.35. The molecule has 0 fully saturated rings. The van der Waals surface area contributed by atoms with E-state index in [-0.39, 0.29) is 0 Å². The van der Waals surface area contributed by atoms with Crippen LogP contribution in [-0.4, -0.2) is 4.98 Å². The molecule has 0 unspecified atom stereocenters. The number of benzene rings is 1. The van der Waals surface area contributed by atoms with Crippen molar-refractivity contribution in [2.75, 3.05) is 5.73 Å². The molecule has 94 valence electrons. The number of nitrogen functional groups attached to an aromatic ring is 1. The Morgan fingerprint density at radius 2 is 1.94 bits per heavy atom. The van der Waals surface area contributed by atoms with Gasteiger partial charge in [-0.3, -0.25) is 4.98 Å². The molecule has 5 heteroatoms. The average molecular weight is 283 g/mol. The second-order valence-corrected chi connectivity index (χ2v) is 4.68. The molecule has 0 saturated heterocycles. The zero-order valence-electron chi connectivity index (χ0n) is 9.78. The number of aromatic nitrogens is 1. The first kappa shape index (κ1) is 13.0. The minimum atomic E-state index is 0.316. The van der Waals surface area contributed by atoms with E-state index < -0.39 is 0 Å². The third kappa shape index (κ3) is 2.86. The topological polar surface area (TPSA) is 48.1 Å². The molecule has 2 rings (SSSR count). The van der Waals surface area contributed by atoms with Gasteiger partial charge in [0.15, 0.2) is 5.75 Å². The molecule has 0 atom stereocenters. The number of anilines is 1. The maximum atomic E-state index is 6.03. The van der Waals surface area contributed by atoms with Crippen molar-refractivity contribution in [3.63, 3.8) is 0 Å². The van der Waals surface area contributed by atoms with Gasteiger partial charge in [0.25, 0.3) is 0 Å². The lowest BCUT2D eigenvalue weighted by Gasteiger charge is -2.11. The van der Waals surface area contributed by atoms with Crippen molar-refractivity contribution >= 4 is 28.9 Å². The van der Waals surface area contributed by atoms with Crippen molar-refractivity contribution in [2.24, 2.45) is 0 Å². The Morgan fingerprint density at radius 3 is 2.56 bits per heavy atom. The smallest absolute Gasteiger partial charge is 0.157 e. The van der Waals surface area contributed by atoms with Crippen LogP contribution in [0.5, 0.6) is 5.75 Å². The van der Waals surface area contributed by atoms with Crippen molar-refractivity contribution in [3.8, 4) is 5.75 Å². The lowest BCUT2D eigenvalue weighted by Crippen LogP contribution is -2.01. The van der Waals surface area contributed by atoms with Crippen LogP contribution in [0.2, 0.25) is 10.0 Å². The Morgan fingerprint density at radius 1 is 1.28 bits per heavy atom. The number of nitrogens with two attached hydrogens (primary N) is 1. The maximum absolute atomic E-state index is 6.03. The Kier molecular flexibility index (Phi) is 3.94. The van der Waals surface area contributed by atoms with E-state index in [0.29, 0.717) is 28.1 Å². The summed E-state index contributed by atoms with van der Waals surface area (Å²) in [5, 5.41) is 0.794. The second-order valence-electron chi connectivity index (χ2n) is 3.87. The lowest BCUT2D eigenvalue weighted by atomic mass is 10.2. The summed E-state index contributed by atoms with van der Waals surface area (Å²) >= 11 is 12.1. The molecule has 1 heterocycles. The summed E-state index contributed by atoms with van der Waals surface area (Å²) in [6.45, 7) is 2.29. The van der Waals surface area contributed by atoms with Crippen LogP contribution < -0.4 is 10.5 Å². The lowest BCUT2D eigenvalue weighted by molar-refractivity contribution is 0.301. The highest BCUT2D eigenvalue weighted by Gasteiger charge is 2.10. The first-order chi connectivity index (χ1) is 8.58. The highest BCUT2D eigenvalue weighted by molar-refractivity contribution is 6.37. The molecule has 0 aliphatic heterocycles. The first-order valence-electron chi connectivity index (χ1n) is 5.35. The Balaban J connectivity index is 2.19. The molecule has 0 spiro atoms. The van der Waals surface area contributed by atoms with E-state index >= 15 is 0 Å². The molecule has 0 aliphatic carbocycles. The van der Waals surface area contributed by atoms with Gasteiger partial charge in [0.1, 0.15) is 6.61 Å². The SMILES string of the molecule is Cc1cccnc1COc1c(Cl)cc(N)cc1Cl. The summed E-state index contributed by atoms with van der Waals surface area (Å²) in [4.78, 5) is 4.23.